The lowest BCUT2D eigenvalue weighted by atomic mass is 9.96. The van der Waals surface area contributed by atoms with Gasteiger partial charge in [0.25, 0.3) is 0 Å². The van der Waals surface area contributed by atoms with Crippen molar-refractivity contribution < 1.29 is 19.0 Å². The fourth-order valence-corrected chi connectivity index (χ4v) is 2.03. The van der Waals surface area contributed by atoms with Gasteiger partial charge >= 0.3 is 5.97 Å². The molecule has 16 heavy (non-hydrogen) atoms. The van der Waals surface area contributed by atoms with Crippen LogP contribution in [0.4, 0.5) is 4.39 Å². The van der Waals surface area contributed by atoms with Gasteiger partial charge in [-0.1, -0.05) is 0 Å². The molecule has 1 aliphatic rings. The first kappa shape index (κ1) is 13.4. The predicted octanol–water partition coefficient (Wildman–Crippen LogP) is 1.16. The van der Waals surface area contributed by atoms with Crippen molar-refractivity contribution in [3.8, 4) is 0 Å². The minimum absolute atomic E-state index is 0.102. The summed E-state index contributed by atoms with van der Waals surface area (Å²) in [6.07, 6.45) is -0.349. The topological polar surface area (TPSA) is 49.8 Å². The summed E-state index contributed by atoms with van der Waals surface area (Å²) in [7, 11) is 0. The maximum Gasteiger partial charge on any atom is 0.329 e. The molecule has 0 aromatic heterocycles. The van der Waals surface area contributed by atoms with Crippen molar-refractivity contribution in [3.63, 3.8) is 0 Å². The molecular formula is C11H20FNO3. The Labute approximate surface area is 95.4 Å². The fraction of sp³-hybridized carbons (Fsp3) is 0.909. The van der Waals surface area contributed by atoms with E-state index in [1.165, 1.54) is 0 Å². The Bertz CT molecular complexity index is 235. The molecule has 2 atom stereocenters. The van der Waals surface area contributed by atoms with Gasteiger partial charge in [0, 0.05) is 19.1 Å². The number of likely N-dealkylation sites (tertiary alicyclic amines) is 1. The molecule has 5 heteroatoms. The van der Waals surface area contributed by atoms with Crippen LogP contribution in [0, 0.1) is 5.92 Å². The zero-order valence-electron chi connectivity index (χ0n) is 9.86. The highest BCUT2D eigenvalue weighted by Crippen LogP contribution is 2.21. The number of piperidine rings is 1. The Morgan fingerprint density at radius 3 is 2.81 bits per heavy atom. The first-order valence-corrected chi connectivity index (χ1v) is 5.66. The van der Waals surface area contributed by atoms with Gasteiger partial charge in [0.2, 0.25) is 0 Å². The number of rotatable bonds is 5. The Hall–Kier alpha value is -0.680. The average Bonchev–Trinajstić information content (AvgIpc) is 2.16. The van der Waals surface area contributed by atoms with Crippen molar-refractivity contribution in [1.82, 2.24) is 4.90 Å². The number of alkyl halides is 1. The zero-order valence-corrected chi connectivity index (χ0v) is 9.86. The summed E-state index contributed by atoms with van der Waals surface area (Å²) in [5.41, 5.74) is 0. The minimum Gasteiger partial charge on any atom is -0.480 e. The van der Waals surface area contributed by atoms with E-state index in [1.807, 2.05) is 13.8 Å². The van der Waals surface area contributed by atoms with Gasteiger partial charge in [-0.2, -0.15) is 0 Å². The summed E-state index contributed by atoms with van der Waals surface area (Å²) in [4.78, 5) is 12.3. The monoisotopic (exact) mass is 233 g/mol. The van der Waals surface area contributed by atoms with Crippen LogP contribution < -0.4 is 0 Å². The van der Waals surface area contributed by atoms with Crippen LogP contribution in [0.3, 0.4) is 0 Å². The van der Waals surface area contributed by atoms with E-state index in [2.05, 4.69) is 4.90 Å². The summed E-state index contributed by atoms with van der Waals surface area (Å²) < 4.78 is 18.4. The van der Waals surface area contributed by atoms with Gasteiger partial charge in [0.1, 0.15) is 12.8 Å². The van der Waals surface area contributed by atoms with Crippen molar-refractivity contribution in [3.05, 3.63) is 0 Å². The molecule has 0 saturated carbocycles. The molecule has 0 radical (unpaired) electrons. The lowest BCUT2D eigenvalue weighted by Crippen LogP contribution is -2.46. The number of nitrogens with zero attached hydrogens (tertiary/aromatic N) is 1. The summed E-state index contributed by atoms with van der Waals surface area (Å²) in [6.45, 7) is 5.37. The molecule has 1 heterocycles. The van der Waals surface area contributed by atoms with Crippen molar-refractivity contribution in [2.45, 2.75) is 32.5 Å². The lowest BCUT2D eigenvalue weighted by molar-refractivity contribution is -0.143. The summed E-state index contributed by atoms with van der Waals surface area (Å²) in [5.74, 6) is -0.876. The summed E-state index contributed by atoms with van der Waals surface area (Å²) in [6, 6.07) is 0.320. The molecule has 0 aromatic carbocycles. The van der Waals surface area contributed by atoms with E-state index in [9.17, 15) is 9.18 Å². The maximum atomic E-state index is 13.4. The first-order chi connectivity index (χ1) is 7.49. The van der Waals surface area contributed by atoms with E-state index >= 15 is 0 Å². The minimum atomic E-state index is -0.978. The maximum absolute atomic E-state index is 13.4. The van der Waals surface area contributed by atoms with Gasteiger partial charge in [-0.25, -0.2) is 9.18 Å². The van der Waals surface area contributed by atoms with Crippen molar-refractivity contribution >= 4 is 5.97 Å². The number of carboxylic acid groups (broad SMARTS) is 1. The molecule has 1 saturated heterocycles. The zero-order chi connectivity index (χ0) is 12.1. The van der Waals surface area contributed by atoms with E-state index in [0.29, 0.717) is 25.6 Å². The van der Waals surface area contributed by atoms with Crippen molar-refractivity contribution in [2.75, 3.05) is 26.3 Å². The third-order valence-corrected chi connectivity index (χ3v) is 2.82. The van der Waals surface area contributed by atoms with Crippen LogP contribution in [0.5, 0.6) is 0 Å². The smallest absolute Gasteiger partial charge is 0.329 e. The van der Waals surface area contributed by atoms with Crippen molar-refractivity contribution in [1.29, 1.82) is 0 Å². The number of carboxylic acids is 1. The SMILES string of the molecule is CC(C)N1CC(F)CC(COCC(=O)O)C1. The molecule has 1 rings (SSSR count). The lowest BCUT2D eigenvalue weighted by Gasteiger charge is -2.37. The largest absolute Gasteiger partial charge is 0.480 e. The number of hydrogen-bond donors (Lipinski definition) is 1. The quantitative estimate of drug-likeness (QED) is 0.774. The number of ether oxygens (including phenoxy) is 1. The molecule has 0 spiro atoms. The van der Waals surface area contributed by atoms with Gasteiger partial charge in [0.15, 0.2) is 0 Å². The van der Waals surface area contributed by atoms with Crippen LogP contribution in [0.1, 0.15) is 20.3 Å². The molecule has 0 bridgehead atoms. The third-order valence-electron chi connectivity index (χ3n) is 2.82. The Morgan fingerprint density at radius 1 is 1.56 bits per heavy atom. The first-order valence-electron chi connectivity index (χ1n) is 5.66. The highest BCUT2D eigenvalue weighted by Gasteiger charge is 2.28. The Morgan fingerprint density at radius 2 is 2.25 bits per heavy atom. The summed E-state index contributed by atoms with van der Waals surface area (Å²) in [5, 5.41) is 8.43. The van der Waals surface area contributed by atoms with Crippen LogP contribution in [0.2, 0.25) is 0 Å². The van der Waals surface area contributed by atoms with Gasteiger partial charge in [0.05, 0.1) is 6.61 Å². The number of aliphatic carboxylic acids is 1. The number of hydrogen-bond acceptors (Lipinski definition) is 3. The van der Waals surface area contributed by atoms with Gasteiger partial charge < -0.3 is 9.84 Å². The van der Waals surface area contributed by atoms with E-state index in [-0.39, 0.29) is 12.5 Å². The van der Waals surface area contributed by atoms with Gasteiger partial charge in [-0.3, -0.25) is 4.90 Å². The van der Waals surface area contributed by atoms with E-state index in [4.69, 9.17) is 9.84 Å². The Kier molecular flexibility index (Phi) is 5.15. The average molecular weight is 233 g/mol. The van der Waals surface area contributed by atoms with Crippen LogP contribution in [-0.2, 0) is 9.53 Å². The number of carbonyl (C=O) groups is 1. The molecule has 1 aliphatic heterocycles. The molecule has 1 fully saturated rings. The van der Waals surface area contributed by atoms with Crippen LogP contribution in [0.15, 0.2) is 0 Å². The molecule has 0 amide bonds. The predicted molar refractivity (Wildman–Crippen MR) is 58.2 cm³/mol. The molecule has 0 aromatic rings. The second-order valence-corrected chi connectivity index (χ2v) is 4.66. The van der Waals surface area contributed by atoms with E-state index < -0.39 is 12.1 Å². The molecule has 0 aliphatic carbocycles. The standard InChI is InChI=1S/C11H20FNO3/c1-8(2)13-4-9(3-10(12)5-13)6-16-7-11(14)15/h8-10H,3-7H2,1-2H3,(H,14,15). The van der Waals surface area contributed by atoms with Gasteiger partial charge in [-0.15, -0.1) is 0 Å². The molecule has 1 N–H and O–H groups in total. The normalized spacial score (nSPS) is 27.2. The van der Waals surface area contributed by atoms with Crippen LogP contribution >= 0.6 is 0 Å². The Balaban J connectivity index is 2.33. The highest BCUT2D eigenvalue weighted by molar-refractivity contribution is 5.67. The number of halogens is 1. The second-order valence-electron chi connectivity index (χ2n) is 4.66. The molecule has 94 valence electrons. The van der Waals surface area contributed by atoms with Crippen molar-refractivity contribution in [2.24, 2.45) is 5.92 Å². The fourth-order valence-electron chi connectivity index (χ4n) is 2.03. The van der Waals surface area contributed by atoms with Gasteiger partial charge in [-0.05, 0) is 26.2 Å². The third kappa shape index (κ3) is 4.45. The molecule has 2 unspecified atom stereocenters. The van der Waals surface area contributed by atoms with E-state index in [0.717, 1.165) is 6.54 Å². The summed E-state index contributed by atoms with van der Waals surface area (Å²) >= 11 is 0. The van der Waals surface area contributed by atoms with E-state index in [1.54, 1.807) is 0 Å². The highest BCUT2D eigenvalue weighted by atomic mass is 19.1. The molecular weight excluding hydrogens is 213 g/mol. The molecule has 4 nitrogen and oxygen atoms in total. The van der Waals surface area contributed by atoms with Crippen LogP contribution in [-0.4, -0.2) is 54.5 Å². The van der Waals surface area contributed by atoms with Crippen LogP contribution in [0.25, 0.3) is 0 Å². The second kappa shape index (κ2) is 6.15.